The highest BCUT2D eigenvalue weighted by Gasteiger charge is 2.15. The number of phenols is 1. The van der Waals surface area contributed by atoms with E-state index in [0.717, 1.165) is 22.3 Å². The topological polar surface area (TPSA) is 20.2 Å². The molecular formula is C18H21FO. The SMILES string of the molecule is CC(C)c1cc(-c2ccc(F)cc2)cc(C(C)C)c1O. The molecule has 0 aliphatic rings. The summed E-state index contributed by atoms with van der Waals surface area (Å²) in [5.41, 5.74) is 3.87. The quantitative estimate of drug-likeness (QED) is 0.788. The number of hydrogen-bond donors (Lipinski definition) is 1. The number of rotatable bonds is 3. The summed E-state index contributed by atoms with van der Waals surface area (Å²) in [6.45, 7) is 8.25. The van der Waals surface area contributed by atoms with E-state index < -0.39 is 0 Å². The van der Waals surface area contributed by atoms with E-state index in [1.807, 2.05) is 12.1 Å². The molecule has 2 heteroatoms. The Bertz CT molecular complexity index is 568. The summed E-state index contributed by atoms with van der Waals surface area (Å²) >= 11 is 0. The number of halogens is 1. The van der Waals surface area contributed by atoms with Gasteiger partial charge < -0.3 is 5.11 Å². The molecule has 0 bridgehead atoms. The maximum atomic E-state index is 13.0. The van der Waals surface area contributed by atoms with Crippen LogP contribution in [0.25, 0.3) is 11.1 Å². The van der Waals surface area contributed by atoms with Gasteiger partial charge in [-0.25, -0.2) is 4.39 Å². The van der Waals surface area contributed by atoms with Crippen molar-refractivity contribution in [1.29, 1.82) is 0 Å². The fraction of sp³-hybridized carbons (Fsp3) is 0.333. The van der Waals surface area contributed by atoms with Gasteiger partial charge in [-0.3, -0.25) is 0 Å². The molecular weight excluding hydrogens is 251 g/mol. The Morgan fingerprint density at radius 2 is 1.25 bits per heavy atom. The van der Waals surface area contributed by atoms with E-state index >= 15 is 0 Å². The molecule has 1 N–H and O–H groups in total. The molecule has 2 rings (SSSR count). The Kier molecular flexibility index (Phi) is 4.12. The van der Waals surface area contributed by atoms with Gasteiger partial charge in [0.05, 0.1) is 0 Å². The molecule has 0 amide bonds. The predicted octanol–water partition coefficient (Wildman–Crippen LogP) is 5.45. The molecule has 0 saturated heterocycles. The molecule has 2 aromatic rings. The fourth-order valence-corrected chi connectivity index (χ4v) is 2.37. The predicted molar refractivity (Wildman–Crippen MR) is 81.7 cm³/mol. The minimum atomic E-state index is -0.235. The molecule has 0 unspecified atom stereocenters. The Morgan fingerprint density at radius 3 is 1.65 bits per heavy atom. The molecule has 0 spiro atoms. The second-order valence-electron chi connectivity index (χ2n) is 5.82. The lowest BCUT2D eigenvalue weighted by Crippen LogP contribution is -1.97. The van der Waals surface area contributed by atoms with Crippen molar-refractivity contribution in [1.82, 2.24) is 0 Å². The average Bonchev–Trinajstić information content (AvgIpc) is 2.39. The molecule has 20 heavy (non-hydrogen) atoms. The standard InChI is InChI=1S/C18H21FO/c1-11(2)16-9-14(10-17(12(3)4)18(16)20)13-5-7-15(19)8-6-13/h5-12,20H,1-4H3. The van der Waals surface area contributed by atoms with Crippen LogP contribution in [-0.4, -0.2) is 5.11 Å². The first kappa shape index (κ1) is 14.6. The molecule has 2 aromatic carbocycles. The molecule has 0 fully saturated rings. The fourth-order valence-electron chi connectivity index (χ4n) is 2.37. The number of aromatic hydroxyl groups is 1. The molecule has 0 radical (unpaired) electrons. The first-order valence-corrected chi connectivity index (χ1v) is 7.03. The summed E-state index contributed by atoms with van der Waals surface area (Å²) in [4.78, 5) is 0. The summed E-state index contributed by atoms with van der Waals surface area (Å²) in [7, 11) is 0. The van der Waals surface area contributed by atoms with Crippen molar-refractivity contribution in [3.8, 4) is 16.9 Å². The van der Waals surface area contributed by atoms with Crippen LogP contribution in [0.3, 0.4) is 0 Å². The third kappa shape index (κ3) is 2.84. The van der Waals surface area contributed by atoms with Crippen molar-refractivity contribution in [2.75, 3.05) is 0 Å². The summed E-state index contributed by atoms with van der Waals surface area (Å²) in [6, 6.07) is 10.5. The van der Waals surface area contributed by atoms with Gasteiger partial charge in [0.15, 0.2) is 0 Å². The zero-order chi connectivity index (χ0) is 14.9. The minimum Gasteiger partial charge on any atom is -0.507 e. The van der Waals surface area contributed by atoms with E-state index in [4.69, 9.17) is 0 Å². The normalized spacial score (nSPS) is 11.3. The number of phenolic OH excluding ortho intramolecular Hbond substituents is 1. The summed E-state index contributed by atoms with van der Waals surface area (Å²) in [5, 5.41) is 10.4. The van der Waals surface area contributed by atoms with E-state index in [-0.39, 0.29) is 17.7 Å². The Morgan fingerprint density at radius 1 is 0.800 bits per heavy atom. The summed E-state index contributed by atoms with van der Waals surface area (Å²) in [6.07, 6.45) is 0. The van der Waals surface area contributed by atoms with Gasteiger partial charge >= 0.3 is 0 Å². The minimum absolute atomic E-state index is 0.235. The highest BCUT2D eigenvalue weighted by Crippen LogP contribution is 2.37. The zero-order valence-electron chi connectivity index (χ0n) is 12.4. The lowest BCUT2D eigenvalue weighted by molar-refractivity contribution is 0.454. The largest absolute Gasteiger partial charge is 0.507 e. The van der Waals surface area contributed by atoms with E-state index in [0.29, 0.717) is 5.75 Å². The van der Waals surface area contributed by atoms with Crippen LogP contribution in [0.4, 0.5) is 4.39 Å². The smallest absolute Gasteiger partial charge is 0.123 e. The number of hydrogen-bond acceptors (Lipinski definition) is 1. The van der Waals surface area contributed by atoms with Gasteiger partial charge in [-0.05, 0) is 58.4 Å². The van der Waals surface area contributed by atoms with Crippen molar-refractivity contribution in [3.63, 3.8) is 0 Å². The monoisotopic (exact) mass is 272 g/mol. The maximum Gasteiger partial charge on any atom is 0.123 e. The summed E-state index contributed by atoms with van der Waals surface area (Å²) < 4.78 is 13.0. The molecule has 0 atom stereocenters. The molecule has 0 heterocycles. The second-order valence-corrected chi connectivity index (χ2v) is 5.82. The van der Waals surface area contributed by atoms with Gasteiger partial charge in [-0.15, -0.1) is 0 Å². The lowest BCUT2D eigenvalue weighted by atomic mass is 9.89. The maximum absolute atomic E-state index is 13.0. The van der Waals surface area contributed by atoms with Crippen molar-refractivity contribution in [2.24, 2.45) is 0 Å². The highest BCUT2D eigenvalue weighted by molar-refractivity contribution is 5.68. The van der Waals surface area contributed by atoms with Crippen LogP contribution < -0.4 is 0 Å². The molecule has 0 aliphatic carbocycles. The zero-order valence-corrected chi connectivity index (χ0v) is 12.4. The highest BCUT2D eigenvalue weighted by atomic mass is 19.1. The van der Waals surface area contributed by atoms with Crippen molar-refractivity contribution in [3.05, 3.63) is 53.3 Å². The van der Waals surface area contributed by atoms with Crippen molar-refractivity contribution < 1.29 is 9.50 Å². The van der Waals surface area contributed by atoms with Gasteiger partial charge in [-0.1, -0.05) is 39.8 Å². The third-order valence-corrected chi connectivity index (χ3v) is 3.59. The lowest BCUT2D eigenvalue weighted by Gasteiger charge is -2.17. The Hall–Kier alpha value is -1.83. The first-order chi connectivity index (χ1) is 9.40. The Labute approximate surface area is 120 Å². The number of benzene rings is 2. The van der Waals surface area contributed by atoms with Gasteiger partial charge in [0.2, 0.25) is 0 Å². The van der Waals surface area contributed by atoms with Gasteiger partial charge in [0.25, 0.3) is 0 Å². The molecule has 0 saturated carbocycles. The van der Waals surface area contributed by atoms with Crippen LogP contribution in [0.2, 0.25) is 0 Å². The van der Waals surface area contributed by atoms with Gasteiger partial charge in [-0.2, -0.15) is 0 Å². The van der Waals surface area contributed by atoms with Crippen molar-refractivity contribution >= 4 is 0 Å². The van der Waals surface area contributed by atoms with Crippen LogP contribution in [0.5, 0.6) is 5.75 Å². The van der Waals surface area contributed by atoms with E-state index in [1.165, 1.54) is 12.1 Å². The van der Waals surface area contributed by atoms with Crippen LogP contribution in [0, 0.1) is 5.82 Å². The van der Waals surface area contributed by atoms with Crippen LogP contribution in [-0.2, 0) is 0 Å². The third-order valence-electron chi connectivity index (χ3n) is 3.59. The molecule has 0 aromatic heterocycles. The van der Waals surface area contributed by atoms with Crippen LogP contribution in [0.1, 0.15) is 50.7 Å². The van der Waals surface area contributed by atoms with Gasteiger partial charge in [0.1, 0.15) is 11.6 Å². The summed E-state index contributed by atoms with van der Waals surface area (Å²) in [5.74, 6) is 0.641. The van der Waals surface area contributed by atoms with E-state index in [1.54, 1.807) is 12.1 Å². The molecule has 1 nitrogen and oxygen atoms in total. The molecule has 0 aliphatic heterocycles. The van der Waals surface area contributed by atoms with Crippen molar-refractivity contribution in [2.45, 2.75) is 39.5 Å². The van der Waals surface area contributed by atoms with Crippen LogP contribution >= 0.6 is 0 Å². The first-order valence-electron chi connectivity index (χ1n) is 7.03. The molecule has 106 valence electrons. The van der Waals surface area contributed by atoms with Crippen LogP contribution in [0.15, 0.2) is 36.4 Å². The van der Waals surface area contributed by atoms with E-state index in [9.17, 15) is 9.50 Å². The second kappa shape index (κ2) is 5.66. The Balaban J connectivity index is 2.61. The van der Waals surface area contributed by atoms with Gasteiger partial charge in [0, 0.05) is 0 Å². The average molecular weight is 272 g/mol. The van der Waals surface area contributed by atoms with E-state index in [2.05, 4.69) is 27.7 Å².